The first-order chi connectivity index (χ1) is 14.8. The van der Waals surface area contributed by atoms with Crippen molar-refractivity contribution in [2.24, 2.45) is 5.14 Å². The van der Waals surface area contributed by atoms with Crippen molar-refractivity contribution >= 4 is 38.9 Å². The number of hydrogen-bond donors (Lipinski definition) is 2. The summed E-state index contributed by atoms with van der Waals surface area (Å²) in [5.41, 5.74) is 2.50. The van der Waals surface area contributed by atoms with Crippen LogP contribution in [-0.4, -0.2) is 15.0 Å². The Bertz CT molecular complexity index is 1140. The van der Waals surface area contributed by atoms with Crippen LogP contribution in [0.15, 0.2) is 65.6 Å². The van der Waals surface area contributed by atoms with Crippen molar-refractivity contribution in [3.63, 3.8) is 0 Å². The molecule has 3 N–H and O–H groups in total. The fourth-order valence-electron chi connectivity index (χ4n) is 2.80. The van der Waals surface area contributed by atoms with Crippen LogP contribution >= 0.6 is 23.2 Å². The van der Waals surface area contributed by atoms with Gasteiger partial charge in [0.05, 0.1) is 11.5 Å². The summed E-state index contributed by atoms with van der Waals surface area (Å²) in [6.45, 7) is 3.12. The van der Waals surface area contributed by atoms with E-state index < -0.39 is 10.0 Å². The zero-order valence-corrected chi connectivity index (χ0v) is 19.1. The van der Waals surface area contributed by atoms with E-state index in [0.29, 0.717) is 41.3 Å². The van der Waals surface area contributed by atoms with Gasteiger partial charge in [0.2, 0.25) is 10.0 Å². The van der Waals surface area contributed by atoms with Gasteiger partial charge in [0.15, 0.2) is 11.5 Å². The number of hydrogen-bond acceptors (Lipinski definition) is 5. The molecule has 6 nitrogen and oxygen atoms in total. The predicted octanol–water partition coefficient (Wildman–Crippen LogP) is 5.23. The van der Waals surface area contributed by atoms with Crippen molar-refractivity contribution in [1.82, 2.24) is 0 Å². The Hall–Kier alpha value is -2.45. The van der Waals surface area contributed by atoms with Crippen LogP contribution in [0, 0.1) is 0 Å². The van der Waals surface area contributed by atoms with Gasteiger partial charge in [-0.2, -0.15) is 0 Å². The number of benzene rings is 3. The minimum absolute atomic E-state index is 0.0527. The molecule has 0 spiro atoms. The van der Waals surface area contributed by atoms with E-state index in [2.05, 4.69) is 5.32 Å². The molecule has 3 aromatic rings. The summed E-state index contributed by atoms with van der Waals surface area (Å²) < 4.78 is 34.4. The molecule has 0 aromatic heterocycles. The number of primary sulfonamides is 1. The molecule has 0 bridgehead atoms. The molecule has 0 aliphatic carbocycles. The smallest absolute Gasteiger partial charge is 0.238 e. The highest BCUT2D eigenvalue weighted by atomic mass is 35.5. The summed E-state index contributed by atoms with van der Waals surface area (Å²) in [4.78, 5) is 0.0527. The van der Waals surface area contributed by atoms with Gasteiger partial charge in [-0.1, -0.05) is 35.3 Å². The van der Waals surface area contributed by atoms with E-state index in [0.717, 1.165) is 16.8 Å². The fraction of sp³-hybridized carbons (Fsp3) is 0.182. The van der Waals surface area contributed by atoms with Crippen LogP contribution < -0.4 is 19.9 Å². The number of halogens is 2. The van der Waals surface area contributed by atoms with Gasteiger partial charge in [-0.05, 0) is 60.5 Å². The maximum Gasteiger partial charge on any atom is 0.238 e. The number of ether oxygens (including phenoxy) is 2. The van der Waals surface area contributed by atoms with Crippen LogP contribution in [0.3, 0.4) is 0 Å². The lowest BCUT2D eigenvalue weighted by atomic mass is 10.2. The Labute approximate surface area is 191 Å². The Morgan fingerprint density at radius 1 is 0.935 bits per heavy atom. The molecule has 164 valence electrons. The Morgan fingerprint density at radius 3 is 2.19 bits per heavy atom. The average molecular weight is 481 g/mol. The van der Waals surface area contributed by atoms with Gasteiger partial charge >= 0.3 is 0 Å². The molecular weight excluding hydrogens is 459 g/mol. The Morgan fingerprint density at radius 2 is 1.58 bits per heavy atom. The van der Waals surface area contributed by atoms with Gasteiger partial charge in [0.1, 0.15) is 6.61 Å². The van der Waals surface area contributed by atoms with Gasteiger partial charge < -0.3 is 14.8 Å². The fourth-order valence-corrected chi connectivity index (χ4v) is 3.66. The van der Waals surface area contributed by atoms with Gasteiger partial charge in [-0.25, -0.2) is 13.6 Å². The summed E-state index contributed by atoms with van der Waals surface area (Å²) in [5, 5.41) is 9.51. The van der Waals surface area contributed by atoms with Gasteiger partial charge in [0.25, 0.3) is 0 Å². The van der Waals surface area contributed by atoms with Crippen molar-refractivity contribution < 1.29 is 17.9 Å². The van der Waals surface area contributed by atoms with Crippen molar-refractivity contribution in [2.45, 2.75) is 25.0 Å². The molecular formula is C22H22Cl2N2O4S. The molecule has 9 heteroatoms. The maximum atomic E-state index is 11.4. The van der Waals surface area contributed by atoms with E-state index in [1.807, 2.05) is 25.1 Å². The quantitative estimate of drug-likeness (QED) is 0.437. The SMILES string of the molecule is CCOc1cc(CNc2ccc(S(N)(=O)=O)cc2)c(Cl)cc1OCc1ccc(Cl)cc1. The Balaban J connectivity index is 1.72. The number of rotatable bonds is 9. The van der Waals surface area contributed by atoms with Crippen molar-refractivity contribution in [3.8, 4) is 11.5 Å². The molecule has 31 heavy (non-hydrogen) atoms. The highest BCUT2D eigenvalue weighted by Gasteiger charge is 2.12. The van der Waals surface area contributed by atoms with Gasteiger partial charge in [0, 0.05) is 28.3 Å². The van der Waals surface area contributed by atoms with Crippen LogP contribution in [0.1, 0.15) is 18.1 Å². The zero-order chi connectivity index (χ0) is 22.4. The summed E-state index contributed by atoms with van der Waals surface area (Å²) in [6.07, 6.45) is 0. The minimum atomic E-state index is -3.72. The molecule has 0 aliphatic heterocycles. The molecule has 3 rings (SSSR count). The molecule has 3 aromatic carbocycles. The van der Waals surface area contributed by atoms with Gasteiger partial charge in [-0.15, -0.1) is 0 Å². The molecule has 0 atom stereocenters. The third-order valence-electron chi connectivity index (χ3n) is 4.39. The lowest BCUT2D eigenvalue weighted by molar-refractivity contribution is 0.269. The Kier molecular flexibility index (Phi) is 7.67. The summed E-state index contributed by atoms with van der Waals surface area (Å²) in [6, 6.07) is 17.1. The second kappa shape index (κ2) is 10.2. The van der Waals surface area contributed by atoms with E-state index in [-0.39, 0.29) is 4.90 Å². The number of sulfonamides is 1. The van der Waals surface area contributed by atoms with Crippen LogP contribution in [0.25, 0.3) is 0 Å². The van der Waals surface area contributed by atoms with Crippen molar-refractivity contribution in [2.75, 3.05) is 11.9 Å². The highest BCUT2D eigenvalue weighted by Crippen LogP contribution is 2.34. The minimum Gasteiger partial charge on any atom is -0.490 e. The number of nitrogens with one attached hydrogen (secondary N) is 1. The summed E-state index contributed by atoms with van der Waals surface area (Å²) in [5.74, 6) is 1.13. The van der Waals surface area contributed by atoms with E-state index in [4.69, 9.17) is 37.8 Å². The average Bonchev–Trinajstić information content (AvgIpc) is 2.73. The maximum absolute atomic E-state index is 11.4. The molecule has 0 fully saturated rings. The summed E-state index contributed by atoms with van der Waals surface area (Å²) >= 11 is 12.4. The van der Waals surface area contributed by atoms with E-state index in [1.165, 1.54) is 12.1 Å². The molecule has 0 saturated carbocycles. The van der Waals surface area contributed by atoms with Gasteiger partial charge in [-0.3, -0.25) is 0 Å². The predicted molar refractivity (Wildman–Crippen MR) is 124 cm³/mol. The number of anilines is 1. The van der Waals surface area contributed by atoms with E-state index >= 15 is 0 Å². The zero-order valence-electron chi connectivity index (χ0n) is 16.8. The second-order valence-corrected chi connectivity index (χ2v) is 9.07. The molecule has 0 aliphatic rings. The standard InChI is InChI=1S/C22H22Cl2N2O4S/c1-2-29-21-11-16(13-26-18-7-9-19(10-8-18)31(25,27)28)20(24)12-22(21)30-14-15-3-5-17(23)6-4-15/h3-12,26H,2,13-14H2,1H3,(H2,25,27,28). The molecule has 0 radical (unpaired) electrons. The van der Waals surface area contributed by atoms with Crippen LogP contribution in [-0.2, 0) is 23.2 Å². The third-order valence-corrected chi connectivity index (χ3v) is 5.92. The van der Waals surface area contributed by atoms with Crippen LogP contribution in [0.2, 0.25) is 10.0 Å². The molecule has 0 saturated heterocycles. The van der Waals surface area contributed by atoms with E-state index in [9.17, 15) is 8.42 Å². The highest BCUT2D eigenvalue weighted by molar-refractivity contribution is 7.89. The van der Waals surface area contributed by atoms with E-state index in [1.54, 1.807) is 30.3 Å². The molecule has 0 amide bonds. The summed E-state index contributed by atoms with van der Waals surface area (Å²) in [7, 11) is -3.72. The topological polar surface area (TPSA) is 90.6 Å². The van der Waals surface area contributed by atoms with Crippen molar-refractivity contribution in [1.29, 1.82) is 0 Å². The molecule has 0 heterocycles. The first-order valence-electron chi connectivity index (χ1n) is 9.45. The van der Waals surface area contributed by atoms with Crippen LogP contribution in [0.5, 0.6) is 11.5 Å². The molecule has 0 unspecified atom stereocenters. The first kappa shape index (κ1) is 23.2. The monoisotopic (exact) mass is 480 g/mol. The lowest BCUT2D eigenvalue weighted by Crippen LogP contribution is -2.12. The third kappa shape index (κ3) is 6.51. The normalized spacial score (nSPS) is 11.2. The van der Waals surface area contributed by atoms with Crippen LogP contribution in [0.4, 0.5) is 5.69 Å². The lowest BCUT2D eigenvalue weighted by Gasteiger charge is -2.16. The number of nitrogens with two attached hydrogens (primary N) is 1. The largest absolute Gasteiger partial charge is 0.490 e. The van der Waals surface area contributed by atoms with Crippen molar-refractivity contribution in [3.05, 3.63) is 81.8 Å². The second-order valence-electron chi connectivity index (χ2n) is 6.66. The first-order valence-corrected chi connectivity index (χ1v) is 11.8.